The Morgan fingerprint density at radius 2 is 1.93 bits per heavy atom. The summed E-state index contributed by atoms with van der Waals surface area (Å²) in [6.07, 6.45) is 2.99. The molecule has 0 fully saturated rings. The predicted octanol–water partition coefficient (Wildman–Crippen LogP) is 3.36. The molecule has 0 aliphatic rings. The number of hydrogen-bond acceptors (Lipinski definition) is 4. The SMILES string of the molecule is C/C=C\c1cnn(Bc2ccc(-c3noc(C(F)(F)F)n3)cc2)c1/C=C\P. The van der Waals surface area contributed by atoms with E-state index in [1.165, 1.54) is 0 Å². The van der Waals surface area contributed by atoms with Crippen LogP contribution in [-0.4, -0.2) is 27.2 Å². The van der Waals surface area contributed by atoms with Crippen LogP contribution in [0.1, 0.15) is 24.1 Å². The highest BCUT2D eigenvalue weighted by molar-refractivity contribution is 7.21. The lowest BCUT2D eigenvalue weighted by atomic mass is 9.82. The minimum absolute atomic E-state index is 0.102. The van der Waals surface area contributed by atoms with Gasteiger partial charge in [0.25, 0.3) is 7.41 Å². The number of hydrogen-bond donors (Lipinski definition) is 0. The molecule has 1 atom stereocenters. The second-order valence-corrected chi connectivity index (χ2v) is 6.00. The van der Waals surface area contributed by atoms with Gasteiger partial charge in [0.15, 0.2) is 0 Å². The van der Waals surface area contributed by atoms with E-state index in [1.54, 1.807) is 30.5 Å². The molecule has 0 radical (unpaired) electrons. The standard InChI is InChI=1S/C17H15BF3N4OP/c1-2-3-12-10-22-25(14(12)8-9-27)18-13-6-4-11(5-7-13)15-23-16(26-24-15)17(19,20)21/h2-10,18H,27H2,1H3/b3-2-,9-8-. The van der Waals surface area contributed by atoms with Crippen molar-refractivity contribution in [2.24, 2.45) is 0 Å². The molecule has 27 heavy (non-hydrogen) atoms. The Kier molecular flexibility index (Phi) is 5.61. The van der Waals surface area contributed by atoms with Gasteiger partial charge in [-0.15, -0.1) is 9.24 Å². The average Bonchev–Trinajstić information content (AvgIpc) is 3.26. The summed E-state index contributed by atoms with van der Waals surface area (Å²) in [6.45, 7) is 1.94. The van der Waals surface area contributed by atoms with Gasteiger partial charge in [0.05, 0.1) is 11.9 Å². The lowest BCUT2D eigenvalue weighted by molar-refractivity contribution is -0.159. The fourth-order valence-electron chi connectivity index (χ4n) is 2.50. The van der Waals surface area contributed by atoms with Crippen LogP contribution in [0, 0.1) is 0 Å². The van der Waals surface area contributed by atoms with Crippen LogP contribution < -0.4 is 5.46 Å². The van der Waals surface area contributed by atoms with Gasteiger partial charge in [0.2, 0.25) is 5.82 Å². The zero-order chi connectivity index (χ0) is 19.4. The van der Waals surface area contributed by atoms with Crippen molar-refractivity contribution in [3.8, 4) is 11.4 Å². The molecule has 138 valence electrons. The maximum Gasteiger partial charge on any atom is 0.471 e. The lowest BCUT2D eigenvalue weighted by Crippen LogP contribution is -2.24. The highest BCUT2D eigenvalue weighted by Gasteiger charge is 2.38. The summed E-state index contributed by atoms with van der Waals surface area (Å²) in [6, 6.07) is 6.90. The van der Waals surface area contributed by atoms with Crippen molar-refractivity contribution in [3.05, 3.63) is 59.5 Å². The third kappa shape index (κ3) is 4.36. The molecule has 2 aromatic heterocycles. The highest BCUT2D eigenvalue weighted by atomic mass is 31.0. The first-order chi connectivity index (χ1) is 12.9. The molecule has 0 bridgehead atoms. The van der Waals surface area contributed by atoms with Gasteiger partial charge in [-0.2, -0.15) is 23.3 Å². The third-order valence-corrected chi connectivity index (χ3v) is 3.92. The van der Waals surface area contributed by atoms with Crippen molar-refractivity contribution < 1.29 is 17.7 Å². The van der Waals surface area contributed by atoms with E-state index in [0.29, 0.717) is 13.0 Å². The van der Waals surface area contributed by atoms with Gasteiger partial charge >= 0.3 is 12.1 Å². The molecule has 3 aromatic rings. The quantitative estimate of drug-likeness (QED) is 0.495. The zero-order valence-corrected chi connectivity index (χ0v) is 15.5. The Labute approximate surface area is 156 Å². The van der Waals surface area contributed by atoms with E-state index in [2.05, 4.69) is 29.0 Å². The first-order valence-electron chi connectivity index (χ1n) is 7.99. The Bertz CT molecular complexity index is 977. The summed E-state index contributed by atoms with van der Waals surface area (Å²) in [5.74, 6) is 0.399. The normalized spacial score (nSPS) is 12.3. The maximum absolute atomic E-state index is 12.6. The number of halogens is 3. The number of nitrogens with zero attached hydrogens (tertiary/aromatic N) is 4. The Balaban J connectivity index is 1.82. The number of rotatable bonds is 5. The van der Waals surface area contributed by atoms with Crippen LogP contribution in [0.4, 0.5) is 13.2 Å². The van der Waals surface area contributed by atoms with Gasteiger partial charge in [-0.1, -0.05) is 52.9 Å². The van der Waals surface area contributed by atoms with E-state index in [4.69, 9.17) is 0 Å². The maximum atomic E-state index is 12.6. The summed E-state index contributed by atoms with van der Waals surface area (Å²) < 4.78 is 43.8. The van der Waals surface area contributed by atoms with E-state index in [9.17, 15) is 13.2 Å². The smallest absolute Gasteiger partial charge is 0.329 e. The monoisotopic (exact) mass is 390 g/mol. The average molecular weight is 390 g/mol. The molecular weight excluding hydrogens is 375 g/mol. The fraction of sp³-hybridized carbons (Fsp3) is 0.118. The zero-order valence-electron chi connectivity index (χ0n) is 14.3. The van der Waals surface area contributed by atoms with E-state index in [1.807, 2.05) is 35.6 Å². The highest BCUT2D eigenvalue weighted by Crippen LogP contribution is 2.29. The van der Waals surface area contributed by atoms with Gasteiger partial charge in [-0.05, 0) is 13.0 Å². The molecule has 0 N–H and O–H groups in total. The number of benzene rings is 1. The molecule has 3 rings (SSSR count). The molecule has 1 aromatic carbocycles. The molecule has 0 aliphatic carbocycles. The van der Waals surface area contributed by atoms with Crippen molar-refractivity contribution in [1.29, 1.82) is 0 Å². The molecule has 0 saturated heterocycles. The van der Waals surface area contributed by atoms with Crippen LogP contribution in [0.15, 0.2) is 46.9 Å². The molecular formula is C17H15BF3N4OP. The minimum atomic E-state index is -4.66. The summed E-state index contributed by atoms with van der Waals surface area (Å²) in [5.41, 5.74) is 3.34. The van der Waals surface area contributed by atoms with E-state index in [-0.39, 0.29) is 5.82 Å². The van der Waals surface area contributed by atoms with Gasteiger partial charge in [-0.3, -0.25) is 0 Å². The molecule has 1 unspecified atom stereocenters. The Hall–Kier alpha value is -2.67. The first-order valence-corrected chi connectivity index (χ1v) is 8.66. The summed E-state index contributed by atoms with van der Waals surface area (Å²) in [4.78, 5) is 3.39. The fourth-order valence-corrected chi connectivity index (χ4v) is 2.69. The summed E-state index contributed by atoms with van der Waals surface area (Å²) in [7, 11) is 3.05. The molecule has 2 heterocycles. The van der Waals surface area contributed by atoms with Crippen molar-refractivity contribution >= 4 is 34.3 Å². The molecule has 0 spiro atoms. The summed E-state index contributed by atoms with van der Waals surface area (Å²) in [5, 5.41) is 7.79. The van der Waals surface area contributed by atoms with Crippen molar-refractivity contribution in [3.63, 3.8) is 0 Å². The van der Waals surface area contributed by atoms with Crippen LogP contribution in [0.5, 0.6) is 0 Å². The second-order valence-electron chi connectivity index (χ2n) is 5.62. The largest absolute Gasteiger partial charge is 0.471 e. The molecule has 0 aliphatic heterocycles. The number of alkyl halides is 3. The van der Waals surface area contributed by atoms with E-state index < -0.39 is 12.1 Å². The van der Waals surface area contributed by atoms with Crippen LogP contribution >= 0.6 is 9.24 Å². The number of allylic oxidation sites excluding steroid dienone is 1. The van der Waals surface area contributed by atoms with Gasteiger partial charge in [0.1, 0.15) is 0 Å². The van der Waals surface area contributed by atoms with Crippen molar-refractivity contribution in [2.45, 2.75) is 13.1 Å². The van der Waals surface area contributed by atoms with Gasteiger partial charge < -0.3 is 9.12 Å². The minimum Gasteiger partial charge on any atom is -0.329 e. The summed E-state index contributed by atoms with van der Waals surface area (Å²) >= 11 is 0. The van der Waals surface area contributed by atoms with Crippen molar-refractivity contribution in [2.75, 3.05) is 0 Å². The topological polar surface area (TPSA) is 56.7 Å². The van der Waals surface area contributed by atoms with E-state index in [0.717, 1.165) is 16.7 Å². The van der Waals surface area contributed by atoms with Crippen LogP contribution in [0.3, 0.4) is 0 Å². The molecule has 5 nitrogen and oxygen atoms in total. The second kappa shape index (κ2) is 7.92. The van der Waals surface area contributed by atoms with Crippen LogP contribution in [0.2, 0.25) is 0 Å². The van der Waals surface area contributed by atoms with E-state index >= 15 is 0 Å². The molecule has 0 amide bonds. The van der Waals surface area contributed by atoms with Crippen molar-refractivity contribution in [1.82, 2.24) is 19.8 Å². The number of aromatic nitrogens is 4. The third-order valence-electron chi connectivity index (χ3n) is 3.72. The van der Waals surface area contributed by atoms with Crippen LogP contribution in [-0.2, 0) is 6.18 Å². The van der Waals surface area contributed by atoms with Gasteiger partial charge in [0, 0.05) is 11.1 Å². The molecule has 10 heteroatoms. The Morgan fingerprint density at radius 3 is 2.52 bits per heavy atom. The van der Waals surface area contributed by atoms with Crippen LogP contribution in [0.25, 0.3) is 23.5 Å². The van der Waals surface area contributed by atoms with Gasteiger partial charge in [-0.25, -0.2) is 0 Å². The first kappa shape index (κ1) is 19.1. The molecule has 0 saturated carbocycles. The Morgan fingerprint density at radius 1 is 1.19 bits per heavy atom. The lowest BCUT2D eigenvalue weighted by Gasteiger charge is -2.05. The predicted molar refractivity (Wildman–Crippen MR) is 103 cm³/mol.